The summed E-state index contributed by atoms with van der Waals surface area (Å²) in [7, 11) is 9.30. The number of hydrogen-bond donors (Lipinski definition) is 3. The number of nitrogen functional groups attached to an aromatic ring is 2. The number of ether oxygens (including phenoxy) is 6. The molecule has 2 aromatic carbocycles. The summed E-state index contributed by atoms with van der Waals surface area (Å²) in [5.74, 6) is 2.83. The van der Waals surface area contributed by atoms with Gasteiger partial charge < -0.3 is 45.2 Å². The lowest BCUT2D eigenvalue weighted by atomic mass is 10.00. The van der Waals surface area contributed by atoms with E-state index in [1.54, 1.807) is 28.4 Å². The molecular weight excluding hydrogens is 444 g/mol. The van der Waals surface area contributed by atoms with E-state index in [4.69, 9.17) is 39.9 Å². The van der Waals surface area contributed by atoms with Crippen molar-refractivity contribution < 1.29 is 28.4 Å². The molecule has 12 nitrogen and oxygen atoms in total. The summed E-state index contributed by atoms with van der Waals surface area (Å²) in [4.78, 5) is 12.1. The van der Waals surface area contributed by atoms with Crippen LogP contribution in [-0.4, -0.2) is 57.6 Å². The van der Waals surface area contributed by atoms with Gasteiger partial charge in [0.1, 0.15) is 0 Å². The van der Waals surface area contributed by atoms with E-state index in [1.807, 2.05) is 6.07 Å². The molecule has 0 unspecified atom stereocenters. The van der Waals surface area contributed by atoms with Crippen LogP contribution in [0.5, 0.6) is 34.5 Å². The molecule has 0 spiro atoms. The molecule has 4 rings (SSSR count). The highest BCUT2D eigenvalue weighted by atomic mass is 16.5. The number of aromatic nitrogens is 3. The molecule has 34 heavy (non-hydrogen) atoms. The molecule has 0 fully saturated rings. The molecule has 0 saturated carbocycles. The molecule has 1 aliphatic rings. The largest absolute Gasteiger partial charge is 0.493 e. The third kappa shape index (κ3) is 3.43. The van der Waals surface area contributed by atoms with E-state index in [0.717, 1.165) is 22.3 Å². The first-order chi connectivity index (χ1) is 16.4. The molecule has 12 heteroatoms. The molecule has 0 amide bonds. The molecule has 0 saturated heterocycles. The van der Waals surface area contributed by atoms with Gasteiger partial charge in [0, 0.05) is 17.5 Å². The van der Waals surface area contributed by atoms with Crippen LogP contribution >= 0.6 is 0 Å². The average molecular weight is 470 g/mol. The van der Waals surface area contributed by atoms with Gasteiger partial charge in [-0.3, -0.25) is 0 Å². The molecule has 0 bridgehead atoms. The Morgan fingerprint density at radius 1 is 0.676 bits per heavy atom. The fourth-order valence-electron chi connectivity index (χ4n) is 4.27. The number of fused-ring (bicyclic) bond motifs is 3. The molecule has 180 valence electrons. The van der Waals surface area contributed by atoms with Crippen molar-refractivity contribution in [2.45, 2.75) is 6.42 Å². The maximum atomic E-state index is 5.81. The van der Waals surface area contributed by atoms with Gasteiger partial charge >= 0.3 is 0 Å². The predicted molar refractivity (Wildman–Crippen MR) is 126 cm³/mol. The van der Waals surface area contributed by atoms with E-state index >= 15 is 0 Å². The summed E-state index contributed by atoms with van der Waals surface area (Å²) < 4.78 is 34.2. The molecule has 0 aliphatic heterocycles. The third-order valence-electron chi connectivity index (χ3n) is 5.52. The average Bonchev–Trinajstić information content (AvgIpc) is 3.20. The second-order valence-electron chi connectivity index (χ2n) is 7.18. The lowest BCUT2D eigenvalue weighted by molar-refractivity contribution is 0.323. The minimum atomic E-state index is -0.0227. The summed E-state index contributed by atoms with van der Waals surface area (Å²) in [6.07, 6.45) is 0.483. The predicted octanol–water partition coefficient (Wildman–Crippen LogP) is 2.40. The van der Waals surface area contributed by atoms with Crippen LogP contribution in [0.1, 0.15) is 11.1 Å². The van der Waals surface area contributed by atoms with Gasteiger partial charge in [0.05, 0.1) is 48.3 Å². The Kier molecular flexibility index (Phi) is 5.97. The van der Waals surface area contributed by atoms with Crippen molar-refractivity contribution in [2.24, 2.45) is 0 Å². The topological polar surface area (TPSA) is 158 Å². The van der Waals surface area contributed by atoms with Gasteiger partial charge in [0.15, 0.2) is 23.0 Å². The zero-order valence-electron chi connectivity index (χ0n) is 19.7. The Morgan fingerprint density at radius 3 is 1.76 bits per heavy atom. The second kappa shape index (κ2) is 8.89. The lowest BCUT2D eigenvalue weighted by Crippen LogP contribution is -2.09. The Hall–Kier alpha value is -4.35. The van der Waals surface area contributed by atoms with Crippen molar-refractivity contribution in [1.29, 1.82) is 0 Å². The number of rotatable bonds is 8. The Morgan fingerprint density at radius 2 is 1.24 bits per heavy atom. The fraction of sp³-hybridized carbons (Fsp3) is 0.318. The summed E-state index contributed by atoms with van der Waals surface area (Å²) >= 11 is 0. The molecule has 1 aliphatic carbocycles. The summed E-state index contributed by atoms with van der Waals surface area (Å²) in [6, 6.07) is 1.90. The zero-order valence-corrected chi connectivity index (χ0v) is 19.7. The zero-order chi connectivity index (χ0) is 24.6. The first kappa shape index (κ1) is 22.8. The van der Waals surface area contributed by atoms with E-state index in [9.17, 15) is 0 Å². The van der Waals surface area contributed by atoms with E-state index < -0.39 is 0 Å². The van der Waals surface area contributed by atoms with Gasteiger partial charge in [-0.2, -0.15) is 15.0 Å². The van der Waals surface area contributed by atoms with Crippen LogP contribution in [0.2, 0.25) is 0 Å². The first-order valence-corrected chi connectivity index (χ1v) is 10.1. The van der Waals surface area contributed by atoms with E-state index in [1.165, 1.54) is 14.2 Å². The van der Waals surface area contributed by atoms with Crippen LogP contribution in [0.25, 0.3) is 11.1 Å². The quantitative estimate of drug-likeness (QED) is 0.346. The number of hydrogen-bond acceptors (Lipinski definition) is 12. The van der Waals surface area contributed by atoms with Gasteiger partial charge in [-0.15, -0.1) is 0 Å². The van der Waals surface area contributed by atoms with E-state index in [-0.39, 0.29) is 17.8 Å². The van der Waals surface area contributed by atoms with Crippen molar-refractivity contribution in [1.82, 2.24) is 15.0 Å². The van der Waals surface area contributed by atoms with Gasteiger partial charge in [0.25, 0.3) is 0 Å². The molecular formula is C22H26N6O6. The van der Waals surface area contributed by atoms with Crippen LogP contribution in [0.4, 0.5) is 23.5 Å². The summed E-state index contributed by atoms with van der Waals surface area (Å²) in [6.45, 7) is 0. The fourth-order valence-corrected chi connectivity index (χ4v) is 4.27. The van der Waals surface area contributed by atoms with Gasteiger partial charge in [-0.1, -0.05) is 0 Å². The smallest absolute Gasteiger partial charge is 0.233 e. The summed E-state index contributed by atoms with van der Waals surface area (Å²) in [5.41, 5.74) is 15.4. The van der Waals surface area contributed by atoms with Crippen LogP contribution in [0, 0.1) is 0 Å². The van der Waals surface area contributed by atoms with Gasteiger partial charge in [-0.05, 0) is 17.2 Å². The minimum absolute atomic E-state index is 0.0227. The third-order valence-corrected chi connectivity index (χ3v) is 5.52. The second-order valence-corrected chi connectivity index (χ2v) is 7.18. The van der Waals surface area contributed by atoms with Gasteiger partial charge in [0.2, 0.25) is 29.3 Å². The van der Waals surface area contributed by atoms with Crippen molar-refractivity contribution >= 4 is 23.5 Å². The van der Waals surface area contributed by atoms with Crippen LogP contribution < -0.4 is 45.2 Å². The molecule has 1 heterocycles. The molecule has 3 aromatic rings. The first-order valence-electron chi connectivity index (χ1n) is 10.1. The number of nitrogens with one attached hydrogen (secondary N) is 1. The maximum absolute atomic E-state index is 5.81. The molecule has 5 N–H and O–H groups in total. The van der Waals surface area contributed by atoms with Crippen molar-refractivity contribution in [3.63, 3.8) is 0 Å². The number of benzene rings is 2. The highest BCUT2D eigenvalue weighted by molar-refractivity contribution is 5.97. The van der Waals surface area contributed by atoms with Crippen LogP contribution in [-0.2, 0) is 6.42 Å². The number of nitrogens with two attached hydrogens (primary N) is 2. The van der Waals surface area contributed by atoms with Crippen LogP contribution in [0.3, 0.4) is 0 Å². The molecule has 1 aromatic heterocycles. The Labute approximate surface area is 196 Å². The molecule has 0 atom stereocenters. The SMILES string of the molecule is COc1cc2c(c(OC)c1OC)-c1c(c(Nc3nc(N)nc(N)n3)c(OC)c(OC)c1OC)C2. The van der Waals surface area contributed by atoms with Crippen LogP contribution in [0.15, 0.2) is 6.07 Å². The highest BCUT2D eigenvalue weighted by Crippen LogP contribution is 2.60. The van der Waals surface area contributed by atoms with E-state index in [2.05, 4.69) is 20.3 Å². The van der Waals surface area contributed by atoms with E-state index in [0.29, 0.717) is 46.6 Å². The number of methoxy groups -OCH3 is 6. The van der Waals surface area contributed by atoms with Crippen molar-refractivity contribution in [2.75, 3.05) is 59.4 Å². The number of nitrogens with zero attached hydrogens (tertiary/aromatic N) is 3. The molecule has 0 radical (unpaired) electrons. The maximum Gasteiger partial charge on any atom is 0.233 e. The van der Waals surface area contributed by atoms with Crippen molar-refractivity contribution in [3.05, 3.63) is 17.2 Å². The van der Waals surface area contributed by atoms with Gasteiger partial charge in [-0.25, -0.2) is 0 Å². The summed E-state index contributed by atoms with van der Waals surface area (Å²) in [5, 5.41) is 3.17. The highest BCUT2D eigenvalue weighted by Gasteiger charge is 2.37. The van der Waals surface area contributed by atoms with Crippen molar-refractivity contribution in [3.8, 4) is 45.6 Å². The normalized spacial score (nSPS) is 11.4. The number of anilines is 4. The Bertz CT molecular complexity index is 1250. The standard InChI is InChI=1S/C22H26N6O6/c1-29-11-8-9-7-10-13(12(9)16(31-3)15(11)30-2)17(32-4)19(34-6)18(33-5)14(10)25-22-27-20(23)26-21(24)28-22/h8H,7H2,1-6H3,(H5,23,24,25,26,27,28). The lowest BCUT2D eigenvalue weighted by Gasteiger charge is -2.22. The Balaban J connectivity index is 2.06. The minimum Gasteiger partial charge on any atom is -0.493 e. The monoisotopic (exact) mass is 470 g/mol.